The normalized spacial score (nSPS) is 14.5. The molecule has 1 aliphatic rings. The van der Waals surface area contributed by atoms with Gasteiger partial charge in [-0.15, -0.1) is 17.5 Å². The predicted octanol–water partition coefficient (Wildman–Crippen LogP) is 0.0977. The number of anilines is 2. The minimum absolute atomic E-state index is 0. The second kappa shape index (κ2) is 2.96. The van der Waals surface area contributed by atoms with Gasteiger partial charge in [-0.25, -0.2) is 4.68 Å². The number of hydrogen-bond acceptors (Lipinski definition) is 4. The number of hydrogen-bond donors (Lipinski definition) is 2. The number of nitrogens with two attached hydrogens (primary N) is 1. The maximum atomic E-state index is 5.38. The van der Waals surface area contributed by atoms with Crippen molar-refractivity contribution in [2.24, 2.45) is 0 Å². The number of nitrogens with one attached hydrogen (secondary N) is 1. The number of halogens is 1. The largest absolute Gasteiger partial charge is 0.366 e. The van der Waals surface area contributed by atoms with E-state index in [4.69, 9.17) is 5.73 Å². The van der Waals surface area contributed by atoms with E-state index in [1.54, 1.807) is 4.68 Å². The first-order valence-corrected chi connectivity index (χ1v) is 3.30. The molecule has 6 heteroatoms. The smallest absolute Gasteiger partial charge is 0.241 e. The monoisotopic (exact) mass is 175 g/mol. The van der Waals surface area contributed by atoms with Gasteiger partial charge in [0.1, 0.15) is 0 Å². The molecule has 0 saturated carbocycles. The molecule has 62 valence electrons. The first-order valence-electron chi connectivity index (χ1n) is 3.30. The lowest BCUT2D eigenvalue weighted by atomic mass is 10.4. The first-order chi connectivity index (χ1) is 4.86. The van der Waals surface area contributed by atoms with Crippen LogP contribution in [0.5, 0.6) is 0 Å². The molecule has 2 heterocycles. The number of nitrogen functional groups attached to an aromatic ring is 1. The maximum Gasteiger partial charge on any atom is 0.241 e. The molecule has 3 N–H and O–H groups in total. The van der Waals surface area contributed by atoms with Gasteiger partial charge in [-0.05, 0) is 6.42 Å². The Morgan fingerprint density at radius 3 is 3.09 bits per heavy atom. The molecule has 0 radical (unpaired) electrons. The Labute approximate surface area is 70.4 Å². The molecule has 0 saturated heterocycles. The van der Waals surface area contributed by atoms with Crippen LogP contribution in [0.15, 0.2) is 0 Å². The fourth-order valence-corrected chi connectivity index (χ4v) is 1.08. The van der Waals surface area contributed by atoms with Gasteiger partial charge in [-0.3, -0.25) is 0 Å². The topological polar surface area (TPSA) is 68.8 Å². The molecule has 2 rings (SSSR count). The molecule has 0 aliphatic carbocycles. The van der Waals surface area contributed by atoms with E-state index < -0.39 is 0 Å². The highest BCUT2D eigenvalue weighted by atomic mass is 35.5. The molecular weight excluding hydrogens is 166 g/mol. The summed E-state index contributed by atoms with van der Waals surface area (Å²) in [5, 5.41) is 7.06. The Kier molecular flexibility index (Phi) is 2.19. The van der Waals surface area contributed by atoms with Gasteiger partial charge in [0.2, 0.25) is 11.9 Å². The van der Waals surface area contributed by atoms with E-state index in [-0.39, 0.29) is 12.4 Å². The number of aromatic nitrogens is 3. The highest BCUT2D eigenvalue weighted by molar-refractivity contribution is 5.85. The maximum absolute atomic E-state index is 5.38. The number of aryl methyl sites for hydroxylation is 1. The Hall–Kier alpha value is -0.970. The van der Waals surface area contributed by atoms with Gasteiger partial charge >= 0.3 is 0 Å². The minimum atomic E-state index is 0. The second-order valence-electron chi connectivity index (χ2n) is 2.30. The van der Waals surface area contributed by atoms with Gasteiger partial charge in [0.15, 0.2) is 0 Å². The highest BCUT2D eigenvalue weighted by Crippen LogP contribution is 2.10. The summed E-state index contributed by atoms with van der Waals surface area (Å²) >= 11 is 0. The standard InChI is InChI=1S/C5H9N5.ClH/c6-4-8-5-7-2-1-3-10(5)9-4;/h1-3H2,(H3,6,7,8,9);1H. The van der Waals surface area contributed by atoms with E-state index in [1.165, 1.54) is 0 Å². The fourth-order valence-electron chi connectivity index (χ4n) is 1.08. The van der Waals surface area contributed by atoms with Crippen LogP contribution in [0.4, 0.5) is 11.9 Å². The summed E-state index contributed by atoms with van der Waals surface area (Å²) in [7, 11) is 0. The molecule has 1 aliphatic heterocycles. The van der Waals surface area contributed by atoms with Crippen LogP contribution in [0.3, 0.4) is 0 Å². The van der Waals surface area contributed by atoms with E-state index in [1.807, 2.05) is 0 Å². The van der Waals surface area contributed by atoms with Crippen molar-refractivity contribution in [2.75, 3.05) is 17.6 Å². The molecule has 0 spiro atoms. The molecule has 0 amide bonds. The number of nitrogens with zero attached hydrogens (tertiary/aromatic N) is 3. The predicted molar refractivity (Wildman–Crippen MR) is 44.8 cm³/mol. The number of fused-ring (bicyclic) bond motifs is 1. The lowest BCUT2D eigenvalue weighted by Gasteiger charge is -2.12. The van der Waals surface area contributed by atoms with Crippen LogP contribution < -0.4 is 11.1 Å². The molecular formula is C5H10ClN5. The van der Waals surface area contributed by atoms with Gasteiger partial charge in [0.05, 0.1) is 0 Å². The molecule has 0 aromatic carbocycles. The van der Waals surface area contributed by atoms with Gasteiger partial charge in [-0.1, -0.05) is 0 Å². The fraction of sp³-hybridized carbons (Fsp3) is 0.600. The average molecular weight is 176 g/mol. The van der Waals surface area contributed by atoms with Gasteiger partial charge in [-0.2, -0.15) is 4.98 Å². The second-order valence-corrected chi connectivity index (χ2v) is 2.30. The van der Waals surface area contributed by atoms with Crippen molar-refractivity contribution < 1.29 is 0 Å². The molecule has 0 atom stereocenters. The zero-order chi connectivity index (χ0) is 6.97. The summed E-state index contributed by atoms with van der Waals surface area (Å²) < 4.78 is 1.79. The van der Waals surface area contributed by atoms with Crippen LogP contribution >= 0.6 is 12.4 Å². The van der Waals surface area contributed by atoms with Crippen LogP contribution in [0.2, 0.25) is 0 Å². The van der Waals surface area contributed by atoms with E-state index in [2.05, 4.69) is 15.4 Å². The van der Waals surface area contributed by atoms with E-state index in [0.717, 1.165) is 25.5 Å². The molecule has 5 nitrogen and oxygen atoms in total. The third-order valence-corrected chi connectivity index (χ3v) is 1.52. The molecule has 1 aromatic heterocycles. The van der Waals surface area contributed by atoms with Gasteiger partial charge in [0.25, 0.3) is 0 Å². The van der Waals surface area contributed by atoms with Crippen molar-refractivity contribution in [1.82, 2.24) is 14.8 Å². The van der Waals surface area contributed by atoms with Crippen molar-refractivity contribution in [1.29, 1.82) is 0 Å². The Morgan fingerprint density at radius 2 is 2.36 bits per heavy atom. The van der Waals surface area contributed by atoms with Gasteiger partial charge in [0, 0.05) is 13.1 Å². The van der Waals surface area contributed by atoms with E-state index in [0.29, 0.717) is 5.95 Å². The van der Waals surface area contributed by atoms with Crippen molar-refractivity contribution in [3.05, 3.63) is 0 Å². The van der Waals surface area contributed by atoms with Crippen molar-refractivity contribution in [3.8, 4) is 0 Å². The molecule has 0 bridgehead atoms. The zero-order valence-electron chi connectivity index (χ0n) is 5.95. The third-order valence-electron chi connectivity index (χ3n) is 1.52. The average Bonchev–Trinajstić information content (AvgIpc) is 2.27. The van der Waals surface area contributed by atoms with Crippen LogP contribution in [0.25, 0.3) is 0 Å². The molecule has 1 aromatic rings. The Balaban J connectivity index is 0.000000605. The minimum Gasteiger partial charge on any atom is -0.366 e. The Morgan fingerprint density at radius 1 is 1.55 bits per heavy atom. The third kappa shape index (κ3) is 1.37. The van der Waals surface area contributed by atoms with Crippen molar-refractivity contribution in [2.45, 2.75) is 13.0 Å². The van der Waals surface area contributed by atoms with Gasteiger partial charge < -0.3 is 11.1 Å². The summed E-state index contributed by atoms with van der Waals surface area (Å²) in [6, 6.07) is 0. The summed E-state index contributed by atoms with van der Waals surface area (Å²) in [6.07, 6.45) is 1.09. The SMILES string of the molecule is Cl.Nc1nc2n(n1)CCCN2. The summed E-state index contributed by atoms with van der Waals surface area (Å²) in [5.74, 6) is 1.15. The Bertz CT molecular complexity index is 222. The van der Waals surface area contributed by atoms with E-state index in [9.17, 15) is 0 Å². The number of rotatable bonds is 0. The quantitative estimate of drug-likeness (QED) is 0.587. The van der Waals surface area contributed by atoms with Crippen LogP contribution in [0.1, 0.15) is 6.42 Å². The molecule has 11 heavy (non-hydrogen) atoms. The lowest BCUT2D eigenvalue weighted by molar-refractivity contribution is 0.567. The summed E-state index contributed by atoms with van der Waals surface area (Å²) in [6.45, 7) is 1.89. The van der Waals surface area contributed by atoms with Crippen molar-refractivity contribution >= 4 is 24.3 Å². The summed E-state index contributed by atoms with van der Waals surface area (Å²) in [4.78, 5) is 3.97. The first kappa shape index (κ1) is 8.13. The van der Waals surface area contributed by atoms with Crippen LogP contribution in [-0.2, 0) is 6.54 Å². The highest BCUT2D eigenvalue weighted by Gasteiger charge is 2.10. The summed E-state index contributed by atoms with van der Waals surface area (Å²) in [5.41, 5.74) is 5.38. The molecule has 0 unspecified atom stereocenters. The van der Waals surface area contributed by atoms with Crippen LogP contribution in [-0.4, -0.2) is 21.3 Å². The molecule has 0 fully saturated rings. The zero-order valence-corrected chi connectivity index (χ0v) is 6.77. The van der Waals surface area contributed by atoms with Crippen molar-refractivity contribution in [3.63, 3.8) is 0 Å². The van der Waals surface area contributed by atoms with Crippen LogP contribution in [0, 0.1) is 0 Å². The van der Waals surface area contributed by atoms with E-state index >= 15 is 0 Å². The lowest BCUT2D eigenvalue weighted by Crippen LogP contribution is -2.17.